The van der Waals surface area contributed by atoms with Crippen molar-refractivity contribution in [2.45, 2.75) is 6.92 Å². The first-order chi connectivity index (χ1) is 14.0. The Morgan fingerprint density at radius 1 is 0.897 bits per heavy atom. The molecule has 0 saturated heterocycles. The van der Waals surface area contributed by atoms with Crippen molar-refractivity contribution < 1.29 is 0 Å². The zero-order valence-electron chi connectivity index (χ0n) is 15.4. The quantitative estimate of drug-likeness (QED) is 0.354. The summed E-state index contributed by atoms with van der Waals surface area (Å²) >= 11 is 12.7. The van der Waals surface area contributed by atoms with Gasteiger partial charge < -0.3 is 0 Å². The van der Waals surface area contributed by atoms with Crippen molar-refractivity contribution in [3.8, 4) is 11.4 Å². The fraction of sp³-hybridized carbons (Fsp3) is 0.0435. The number of fused-ring (bicyclic) bond motifs is 3. The van der Waals surface area contributed by atoms with E-state index in [1.54, 1.807) is 33.5 Å². The van der Waals surface area contributed by atoms with Gasteiger partial charge in [-0.25, -0.2) is 4.79 Å². The molecule has 0 unspecified atom stereocenters. The number of benzene rings is 3. The maximum absolute atomic E-state index is 13.7. The topological polar surface area (TPSA) is 39.8 Å². The molecule has 0 aliphatic rings. The molecular formula is C23H15Cl2N3O. The van der Waals surface area contributed by atoms with E-state index in [0.29, 0.717) is 26.9 Å². The monoisotopic (exact) mass is 419 g/mol. The molecule has 0 amide bonds. The number of pyridine rings is 1. The van der Waals surface area contributed by atoms with Crippen molar-refractivity contribution in [3.63, 3.8) is 0 Å². The third kappa shape index (κ3) is 2.84. The van der Waals surface area contributed by atoms with Crippen LogP contribution in [0.15, 0.2) is 77.7 Å². The van der Waals surface area contributed by atoms with Crippen molar-refractivity contribution >= 4 is 45.1 Å². The van der Waals surface area contributed by atoms with Crippen molar-refractivity contribution in [2.24, 2.45) is 0 Å². The van der Waals surface area contributed by atoms with Crippen molar-refractivity contribution in [2.75, 3.05) is 0 Å². The van der Waals surface area contributed by atoms with Crippen LogP contribution in [0.5, 0.6) is 0 Å². The molecule has 0 aliphatic carbocycles. The summed E-state index contributed by atoms with van der Waals surface area (Å²) in [6.07, 6.45) is 1.72. The van der Waals surface area contributed by atoms with Crippen LogP contribution in [0.1, 0.15) is 5.56 Å². The zero-order chi connectivity index (χ0) is 20.1. The van der Waals surface area contributed by atoms with Crippen LogP contribution in [-0.4, -0.2) is 14.1 Å². The van der Waals surface area contributed by atoms with Crippen LogP contribution in [0.2, 0.25) is 10.0 Å². The van der Waals surface area contributed by atoms with E-state index in [0.717, 1.165) is 22.0 Å². The number of aryl methyl sites for hydroxylation is 1. The molecule has 142 valence electrons. The molecule has 0 aliphatic heterocycles. The minimum absolute atomic E-state index is 0.230. The molecule has 0 atom stereocenters. The molecule has 0 radical (unpaired) electrons. The number of rotatable bonds is 2. The normalized spacial score (nSPS) is 11.4. The lowest BCUT2D eigenvalue weighted by atomic mass is 10.1. The van der Waals surface area contributed by atoms with Crippen LogP contribution in [0.25, 0.3) is 33.3 Å². The predicted molar refractivity (Wildman–Crippen MR) is 119 cm³/mol. The van der Waals surface area contributed by atoms with E-state index in [9.17, 15) is 4.79 Å². The van der Waals surface area contributed by atoms with Crippen LogP contribution in [-0.2, 0) is 0 Å². The molecular weight excluding hydrogens is 405 g/mol. The molecule has 4 nitrogen and oxygen atoms in total. The Hall–Kier alpha value is -3.08. The third-order valence-electron chi connectivity index (χ3n) is 4.98. The van der Waals surface area contributed by atoms with E-state index in [2.05, 4.69) is 4.98 Å². The highest BCUT2D eigenvalue weighted by Gasteiger charge is 2.20. The molecule has 2 heterocycles. The third-order valence-corrected chi connectivity index (χ3v) is 5.54. The first-order valence-electron chi connectivity index (χ1n) is 9.08. The summed E-state index contributed by atoms with van der Waals surface area (Å²) in [5.74, 6) is 0. The summed E-state index contributed by atoms with van der Waals surface area (Å²) in [7, 11) is 0. The second-order valence-corrected chi connectivity index (χ2v) is 7.74. The SMILES string of the molecule is Cc1ccc2ncc3c(c2c1)n(-c1ccccc1Cl)c(=O)n3-c1cccc(Cl)c1. The van der Waals surface area contributed by atoms with Gasteiger partial charge in [-0.1, -0.05) is 53.0 Å². The highest BCUT2D eigenvalue weighted by atomic mass is 35.5. The van der Waals surface area contributed by atoms with Crippen molar-refractivity contribution in [3.05, 3.63) is 99.0 Å². The fourth-order valence-electron chi connectivity index (χ4n) is 3.70. The smallest absolute Gasteiger partial charge is 0.259 e. The van der Waals surface area contributed by atoms with Gasteiger partial charge in [-0.3, -0.25) is 14.1 Å². The number of hydrogen-bond donors (Lipinski definition) is 0. The van der Waals surface area contributed by atoms with Gasteiger partial charge in [-0.05, 0) is 49.4 Å². The molecule has 3 aromatic carbocycles. The molecule has 0 fully saturated rings. The van der Waals surface area contributed by atoms with Gasteiger partial charge in [-0.2, -0.15) is 0 Å². The number of imidazole rings is 1. The number of para-hydroxylation sites is 1. The number of aromatic nitrogens is 3. The van der Waals surface area contributed by atoms with E-state index in [1.807, 2.05) is 55.5 Å². The average Bonchev–Trinajstić information content (AvgIpc) is 3.00. The molecule has 6 heteroatoms. The first kappa shape index (κ1) is 18.0. The Morgan fingerprint density at radius 2 is 1.72 bits per heavy atom. The molecule has 5 aromatic rings. The van der Waals surface area contributed by atoms with E-state index in [-0.39, 0.29) is 5.69 Å². The molecule has 29 heavy (non-hydrogen) atoms. The Balaban J connectivity index is 2.02. The second kappa shape index (κ2) is 6.76. The van der Waals surface area contributed by atoms with Gasteiger partial charge in [0.05, 0.1) is 39.1 Å². The maximum atomic E-state index is 13.7. The largest absolute Gasteiger partial charge is 0.338 e. The molecule has 0 saturated carbocycles. The number of hydrogen-bond acceptors (Lipinski definition) is 2. The summed E-state index contributed by atoms with van der Waals surface area (Å²) < 4.78 is 3.28. The Labute approximate surface area is 176 Å². The van der Waals surface area contributed by atoms with Gasteiger partial charge in [0.2, 0.25) is 0 Å². The fourth-order valence-corrected chi connectivity index (χ4v) is 4.11. The Kier molecular flexibility index (Phi) is 4.19. The van der Waals surface area contributed by atoms with Gasteiger partial charge >= 0.3 is 5.69 Å². The molecule has 2 aromatic heterocycles. The highest BCUT2D eigenvalue weighted by molar-refractivity contribution is 6.32. The summed E-state index contributed by atoms with van der Waals surface area (Å²) in [6.45, 7) is 2.02. The minimum atomic E-state index is -0.230. The molecule has 0 spiro atoms. The van der Waals surface area contributed by atoms with Gasteiger partial charge in [-0.15, -0.1) is 0 Å². The minimum Gasteiger partial charge on any atom is -0.259 e. The lowest BCUT2D eigenvalue weighted by molar-refractivity contribution is 0.931. The van der Waals surface area contributed by atoms with Crippen molar-refractivity contribution in [1.82, 2.24) is 14.1 Å². The molecule has 5 rings (SSSR count). The van der Waals surface area contributed by atoms with E-state index < -0.39 is 0 Å². The highest BCUT2D eigenvalue weighted by Crippen LogP contribution is 2.30. The summed E-state index contributed by atoms with van der Waals surface area (Å²) in [5, 5.41) is 1.94. The lowest BCUT2D eigenvalue weighted by Gasteiger charge is -2.08. The first-order valence-corrected chi connectivity index (χ1v) is 9.84. The predicted octanol–water partition coefficient (Wildman–Crippen LogP) is 5.94. The standard InChI is InChI=1S/C23H15Cl2N3O/c1-14-9-10-19-17(11-14)22-21(13-26-19)27(16-6-4-5-15(24)12-16)23(29)28(22)20-8-3-2-7-18(20)25/h2-13H,1H3. The number of nitrogens with zero attached hydrogens (tertiary/aromatic N) is 3. The number of halogens is 2. The Morgan fingerprint density at radius 3 is 2.52 bits per heavy atom. The summed E-state index contributed by atoms with van der Waals surface area (Å²) in [6, 6.07) is 20.6. The van der Waals surface area contributed by atoms with E-state index in [1.165, 1.54) is 0 Å². The van der Waals surface area contributed by atoms with E-state index >= 15 is 0 Å². The summed E-state index contributed by atoms with van der Waals surface area (Å²) in [5.41, 5.74) is 4.41. The van der Waals surface area contributed by atoms with Crippen LogP contribution in [0.3, 0.4) is 0 Å². The maximum Gasteiger partial charge on any atom is 0.338 e. The second-order valence-electron chi connectivity index (χ2n) is 6.90. The van der Waals surface area contributed by atoms with Gasteiger partial charge in [0.25, 0.3) is 0 Å². The van der Waals surface area contributed by atoms with Gasteiger partial charge in [0.15, 0.2) is 0 Å². The van der Waals surface area contributed by atoms with Gasteiger partial charge in [0.1, 0.15) is 0 Å². The van der Waals surface area contributed by atoms with Crippen LogP contribution in [0, 0.1) is 6.92 Å². The van der Waals surface area contributed by atoms with Crippen LogP contribution >= 0.6 is 23.2 Å². The molecule has 0 N–H and O–H groups in total. The van der Waals surface area contributed by atoms with Gasteiger partial charge in [0, 0.05) is 10.4 Å². The van der Waals surface area contributed by atoms with Crippen molar-refractivity contribution in [1.29, 1.82) is 0 Å². The average molecular weight is 420 g/mol. The molecule has 0 bridgehead atoms. The van der Waals surface area contributed by atoms with Crippen LogP contribution < -0.4 is 5.69 Å². The van der Waals surface area contributed by atoms with Crippen LogP contribution in [0.4, 0.5) is 0 Å². The summed E-state index contributed by atoms with van der Waals surface area (Å²) in [4.78, 5) is 18.3. The van der Waals surface area contributed by atoms with E-state index in [4.69, 9.17) is 23.2 Å². The lowest BCUT2D eigenvalue weighted by Crippen LogP contribution is -2.22. The Bertz CT molecular complexity index is 1470. The zero-order valence-corrected chi connectivity index (χ0v) is 16.9.